The summed E-state index contributed by atoms with van der Waals surface area (Å²) in [6, 6.07) is 12.0. The molecule has 0 aliphatic rings. The molecule has 0 fully saturated rings. The van der Waals surface area contributed by atoms with Gasteiger partial charge in [-0.2, -0.15) is 0 Å². The van der Waals surface area contributed by atoms with Gasteiger partial charge in [0.1, 0.15) is 30.0 Å². The van der Waals surface area contributed by atoms with E-state index in [0.29, 0.717) is 56.0 Å². The Morgan fingerprint density at radius 2 is 0.639 bits per heavy atom. The minimum atomic E-state index is -0.560. The highest BCUT2D eigenvalue weighted by atomic mass is 16.6. The maximum Gasteiger partial charge on any atom is 0.306 e. The van der Waals surface area contributed by atoms with Crippen LogP contribution in [0.5, 0.6) is 17.2 Å². The van der Waals surface area contributed by atoms with Gasteiger partial charge in [0, 0.05) is 19.3 Å². The number of phenols is 3. The summed E-state index contributed by atoms with van der Waals surface area (Å²) in [6.07, 6.45) is 2.29. The number of carbonyl (C=O) groups excluding carboxylic acids is 3. The molecule has 3 aromatic carbocycles. The summed E-state index contributed by atoms with van der Waals surface area (Å²) < 4.78 is 16.9. The van der Waals surface area contributed by atoms with Crippen molar-refractivity contribution in [2.45, 2.75) is 250 Å². The van der Waals surface area contributed by atoms with Crippen LogP contribution in [0.25, 0.3) is 0 Å². The molecule has 0 aliphatic heterocycles. The number of aromatic hydroxyl groups is 3. The third-order valence-corrected chi connectivity index (χ3v) is 12.4. The minimum Gasteiger partial charge on any atom is -0.507 e. The lowest BCUT2D eigenvalue weighted by atomic mass is 9.78. The molecule has 3 aromatic rings. The lowest BCUT2D eigenvalue weighted by Crippen LogP contribution is -2.29. The van der Waals surface area contributed by atoms with Crippen LogP contribution in [0.3, 0.4) is 0 Å². The van der Waals surface area contributed by atoms with E-state index in [4.69, 9.17) is 14.2 Å². The Morgan fingerprint density at radius 1 is 0.389 bits per heavy atom. The van der Waals surface area contributed by atoms with Crippen molar-refractivity contribution in [2.24, 2.45) is 10.8 Å². The van der Waals surface area contributed by atoms with Gasteiger partial charge in [0.15, 0.2) is 0 Å². The van der Waals surface area contributed by atoms with E-state index in [1.165, 1.54) is 0 Å². The number of ether oxygens (including phenoxy) is 3. The molecular weight excluding hydrogens is 901 g/mol. The van der Waals surface area contributed by atoms with E-state index in [0.717, 1.165) is 50.1 Å². The lowest BCUT2D eigenvalue weighted by Gasteiger charge is -2.28. The molecule has 0 saturated carbocycles. The molecule has 0 bridgehead atoms. The van der Waals surface area contributed by atoms with E-state index >= 15 is 0 Å². The molecule has 9 nitrogen and oxygen atoms in total. The van der Waals surface area contributed by atoms with Crippen LogP contribution in [0.2, 0.25) is 0 Å². The van der Waals surface area contributed by atoms with E-state index in [2.05, 4.69) is 145 Å². The Morgan fingerprint density at radius 3 is 0.875 bits per heavy atom. The van der Waals surface area contributed by atoms with Crippen LogP contribution in [-0.2, 0) is 80.3 Å². The summed E-state index contributed by atoms with van der Waals surface area (Å²) in [5, 5.41) is 32.8. The van der Waals surface area contributed by atoms with Crippen molar-refractivity contribution in [1.29, 1.82) is 0 Å². The van der Waals surface area contributed by atoms with Gasteiger partial charge >= 0.3 is 17.9 Å². The van der Waals surface area contributed by atoms with Crippen molar-refractivity contribution < 1.29 is 43.9 Å². The fourth-order valence-electron chi connectivity index (χ4n) is 8.37. The highest BCUT2D eigenvalue weighted by Gasteiger charge is 2.31. The molecule has 0 amide bonds. The Kier molecular flexibility index (Phi) is 21.0. The lowest BCUT2D eigenvalue weighted by molar-refractivity contribution is -0.160. The second-order valence-corrected chi connectivity index (χ2v) is 28.9. The monoisotopic (exact) mass is 1000 g/mol. The summed E-state index contributed by atoms with van der Waals surface area (Å²) in [6.45, 7) is 50.2. The van der Waals surface area contributed by atoms with Gasteiger partial charge in [0.25, 0.3) is 0 Å². The molecule has 0 spiro atoms. The van der Waals surface area contributed by atoms with Crippen LogP contribution < -0.4 is 0 Å². The smallest absolute Gasteiger partial charge is 0.306 e. The first-order valence-electron chi connectivity index (χ1n) is 26.3. The summed E-state index contributed by atoms with van der Waals surface area (Å²) >= 11 is 0. The summed E-state index contributed by atoms with van der Waals surface area (Å²) in [7, 11) is 0. The molecule has 0 heterocycles. The van der Waals surface area contributed by atoms with E-state index in [-0.39, 0.29) is 80.7 Å². The number of rotatable bonds is 14. The third kappa shape index (κ3) is 20.8. The molecule has 406 valence electrons. The number of hydrogen-bond acceptors (Lipinski definition) is 9. The largest absolute Gasteiger partial charge is 0.507 e. The zero-order valence-corrected chi connectivity index (χ0v) is 49.7. The number of carbonyl (C=O) groups is 3. The Labute approximate surface area is 437 Å². The second kappa shape index (κ2) is 23.8. The van der Waals surface area contributed by atoms with E-state index < -0.39 is 6.10 Å². The average molecular weight is 1000 g/mol. The highest BCUT2D eigenvalue weighted by molar-refractivity contribution is 5.71. The molecule has 3 rings (SSSR count). The number of aryl methyl sites for hydroxylation is 3. The maximum atomic E-state index is 13.1. The highest BCUT2D eigenvalue weighted by Crippen LogP contribution is 2.43. The summed E-state index contributed by atoms with van der Waals surface area (Å²) in [4.78, 5) is 38.1. The van der Waals surface area contributed by atoms with Gasteiger partial charge in [-0.1, -0.05) is 203 Å². The van der Waals surface area contributed by atoms with Gasteiger partial charge in [-0.15, -0.1) is 0 Å². The van der Waals surface area contributed by atoms with Gasteiger partial charge < -0.3 is 29.5 Å². The predicted molar refractivity (Wildman–Crippen MR) is 297 cm³/mol. The van der Waals surface area contributed by atoms with Crippen molar-refractivity contribution in [3.8, 4) is 17.2 Å². The minimum absolute atomic E-state index is 0.000538. The van der Waals surface area contributed by atoms with Crippen molar-refractivity contribution in [2.75, 3.05) is 13.2 Å². The molecule has 0 aliphatic carbocycles. The fraction of sp³-hybridized carbons (Fsp3) is 0.667. The van der Waals surface area contributed by atoms with Crippen molar-refractivity contribution in [3.05, 3.63) is 86.5 Å². The van der Waals surface area contributed by atoms with Gasteiger partial charge in [-0.05, 0) is 119 Å². The molecule has 9 heteroatoms. The van der Waals surface area contributed by atoms with E-state index in [1.807, 2.05) is 57.2 Å². The van der Waals surface area contributed by atoms with Crippen LogP contribution >= 0.6 is 0 Å². The Balaban J connectivity index is 0.000000597. The molecule has 72 heavy (non-hydrogen) atoms. The van der Waals surface area contributed by atoms with Crippen LogP contribution in [0.4, 0.5) is 0 Å². The number of esters is 3. The van der Waals surface area contributed by atoms with Gasteiger partial charge in [0.05, 0.1) is 6.61 Å². The van der Waals surface area contributed by atoms with E-state index in [9.17, 15) is 29.7 Å². The molecule has 1 atom stereocenters. The first-order chi connectivity index (χ1) is 32.2. The molecule has 1 unspecified atom stereocenters. The number of phenolic OH excluding ortho intramolecular Hbond substituents is 3. The maximum absolute atomic E-state index is 13.1. The molecule has 0 radical (unpaired) electrons. The predicted octanol–water partition coefficient (Wildman–Crippen LogP) is 15.3. The zero-order valence-electron chi connectivity index (χ0n) is 49.7. The average Bonchev–Trinajstić information content (AvgIpc) is 3.17. The first kappa shape index (κ1) is 63.6. The molecule has 0 saturated heterocycles. The van der Waals surface area contributed by atoms with Gasteiger partial charge in [-0.25, -0.2) is 0 Å². The van der Waals surface area contributed by atoms with Crippen molar-refractivity contribution >= 4 is 17.9 Å². The summed E-state index contributed by atoms with van der Waals surface area (Å²) in [5.74, 6) is 0.148. The number of benzene rings is 3. The SMILES string of the molecule is CC(C)(C)CC(COC(=O)CCc1cc(C(C)(C)C)c(O)c(C(C)(C)C)c1)OC(=O)CCc1cc(C(C)(C)C)c(O)c(C(C)(C)C)c1.CC(C)(C)COC(=O)CCc1cc(C(C)(C)C)c(O)c(C(C)(C)C)c1. The molecule has 3 N–H and O–H groups in total. The molecule has 0 aromatic heterocycles. The summed E-state index contributed by atoms with van der Waals surface area (Å²) in [5.41, 5.74) is 6.83. The second-order valence-electron chi connectivity index (χ2n) is 28.9. The zero-order chi connectivity index (χ0) is 56.0. The van der Waals surface area contributed by atoms with Crippen molar-refractivity contribution in [1.82, 2.24) is 0 Å². The molecular formula is C63H100O9. The van der Waals surface area contributed by atoms with Crippen molar-refractivity contribution in [3.63, 3.8) is 0 Å². The standard InChI is InChI=1S/C41H64O6.C22H36O3/c1-37(2,3)24-28(47-34(43)19-17-27-22-31(40(10,11)12)36(45)32(23-27)41(13,14)15)25-46-33(42)18-16-26-20-29(38(4,5)6)35(44)30(21-26)39(7,8)9;1-20(2,3)14-25-18(23)11-10-15-12-16(21(4,5)6)19(24)17(13-15)22(7,8)9/h20-23,28,44-45H,16-19,24-25H2,1-15H3;12-13,24H,10-11,14H2,1-9H3. The van der Waals surface area contributed by atoms with Crippen LogP contribution in [-0.4, -0.2) is 52.5 Å². The van der Waals surface area contributed by atoms with Crippen LogP contribution in [0, 0.1) is 10.8 Å². The Hall–Kier alpha value is -4.53. The Bertz CT molecular complexity index is 2200. The normalized spacial score (nSPS) is 13.5. The first-order valence-corrected chi connectivity index (χ1v) is 26.3. The topological polar surface area (TPSA) is 140 Å². The van der Waals surface area contributed by atoms with Crippen LogP contribution in [0.1, 0.15) is 242 Å². The van der Waals surface area contributed by atoms with E-state index in [1.54, 1.807) is 0 Å². The number of hydrogen-bond donors (Lipinski definition) is 3. The van der Waals surface area contributed by atoms with Crippen LogP contribution in [0.15, 0.2) is 36.4 Å². The third-order valence-electron chi connectivity index (χ3n) is 12.4. The van der Waals surface area contributed by atoms with Gasteiger partial charge in [0.2, 0.25) is 0 Å². The fourth-order valence-corrected chi connectivity index (χ4v) is 8.37. The van der Waals surface area contributed by atoms with Gasteiger partial charge in [-0.3, -0.25) is 14.4 Å². The quantitative estimate of drug-likeness (QED) is 0.106.